The van der Waals surface area contributed by atoms with Crippen LogP contribution in [0.3, 0.4) is 0 Å². The van der Waals surface area contributed by atoms with E-state index in [4.69, 9.17) is 9.26 Å². The summed E-state index contributed by atoms with van der Waals surface area (Å²) in [6.45, 7) is 0.233. The lowest BCUT2D eigenvalue weighted by Crippen LogP contribution is -2.19. The highest BCUT2D eigenvalue weighted by Gasteiger charge is 2.29. The first-order valence-corrected chi connectivity index (χ1v) is 8.01. The molecule has 2 aromatic heterocycles. The van der Waals surface area contributed by atoms with Crippen molar-refractivity contribution in [1.29, 1.82) is 0 Å². The molecule has 0 aliphatic heterocycles. The fourth-order valence-electron chi connectivity index (χ4n) is 2.65. The van der Waals surface area contributed by atoms with Gasteiger partial charge in [0.05, 0.1) is 19.2 Å². The van der Waals surface area contributed by atoms with E-state index in [-0.39, 0.29) is 17.9 Å². The van der Waals surface area contributed by atoms with Crippen molar-refractivity contribution in [1.82, 2.24) is 14.7 Å². The first-order chi connectivity index (χ1) is 12.1. The Morgan fingerprint density at radius 2 is 2.16 bits per heavy atom. The number of halogens is 1. The van der Waals surface area contributed by atoms with E-state index >= 15 is 0 Å². The van der Waals surface area contributed by atoms with Crippen molar-refractivity contribution in [2.24, 2.45) is 0 Å². The van der Waals surface area contributed by atoms with Crippen molar-refractivity contribution >= 4 is 0 Å². The van der Waals surface area contributed by atoms with Crippen molar-refractivity contribution in [3.8, 4) is 17.2 Å². The van der Waals surface area contributed by atoms with Gasteiger partial charge in [-0.25, -0.2) is 4.39 Å². The Morgan fingerprint density at radius 3 is 2.88 bits per heavy atom. The molecule has 6 nitrogen and oxygen atoms in total. The number of benzene rings is 1. The van der Waals surface area contributed by atoms with Crippen molar-refractivity contribution < 1.29 is 13.7 Å². The number of nitrogens with zero attached hydrogens (tertiary/aromatic N) is 3. The molecule has 1 aliphatic carbocycles. The summed E-state index contributed by atoms with van der Waals surface area (Å²) in [5.41, 5.74) is 1.12. The van der Waals surface area contributed by atoms with Crippen LogP contribution < -0.4 is 10.3 Å². The largest absolute Gasteiger partial charge is 0.494 e. The van der Waals surface area contributed by atoms with Gasteiger partial charge in [-0.05, 0) is 36.6 Å². The summed E-state index contributed by atoms with van der Waals surface area (Å²) in [5.74, 6) is 1.20. The number of hydrogen-bond acceptors (Lipinski definition) is 5. The van der Waals surface area contributed by atoms with E-state index in [1.54, 1.807) is 24.4 Å². The molecule has 0 bridgehead atoms. The summed E-state index contributed by atoms with van der Waals surface area (Å²) < 4.78 is 25.5. The summed E-state index contributed by atoms with van der Waals surface area (Å²) in [5, 5.41) is 3.98. The molecule has 4 rings (SSSR count). The zero-order valence-corrected chi connectivity index (χ0v) is 13.6. The van der Waals surface area contributed by atoms with Gasteiger partial charge >= 0.3 is 0 Å². The Bertz CT molecular complexity index is 976. The number of ether oxygens (including phenoxy) is 1. The van der Waals surface area contributed by atoms with Crippen molar-refractivity contribution in [3.05, 3.63) is 64.1 Å². The molecular weight excluding hydrogens is 325 g/mol. The molecule has 0 saturated heterocycles. The first-order valence-electron chi connectivity index (χ1n) is 8.01. The normalized spacial score (nSPS) is 13.8. The van der Waals surface area contributed by atoms with Gasteiger partial charge in [0.25, 0.3) is 11.4 Å². The van der Waals surface area contributed by atoms with E-state index in [2.05, 4.69) is 10.1 Å². The van der Waals surface area contributed by atoms with Crippen molar-refractivity contribution in [2.45, 2.75) is 25.3 Å². The second kappa shape index (κ2) is 6.16. The fraction of sp³-hybridized carbons (Fsp3) is 0.278. The molecule has 3 aromatic rings. The highest BCUT2D eigenvalue weighted by Crippen LogP contribution is 2.38. The summed E-state index contributed by atoms with van der Waals surface area (Å²) >= 11 is 0. The molecule has 25 heavy (non-hydrogen) atoms. The molecule has 7 heteroatoms. The molecule has 0 N–H and O–H groups in total. The third-order valence-corrected chi connectivity index (χ3v) is 4.18. The predicted octanol–water partition coefficient (Wildman–Crippen LogP) is 2.97. The lowest BCUT2D eigenvalue weighted by atomic mass is 10.2. The van der Waals surface area contributed by atoms with Crippen LogP contribution in [0.2, 0.25) is 0 Å². The molecule has 1 aromatic carbocycles. The molecule has 0 spiro atoms. The van der Waals surface area contributed by atoms with E-state index in [1.165, 1.54) is 23.8 Å². The van der Waals surface area contributed by atoms with E-state index in [9.17, 15) is 9.18 Å². The summed E-state index contributed by atoms with van der Waals surface area (Å²) in [7, 11) is 1.41. The molecule has 1 fully saturated rings. The predicted molar refractivity (Wildman–Crippen MR) is 88.0 cm³/mol. The van der Waals surface area contributed by atoms with Crippen LogP contribution in [0.1, 0.15) is 30.1 Å². The van der Waals surface area contributed by atoms with Gasteiger partial charge in [0.2, 0.25) is 0 Å². The van der Waals surface area contributed by atoms with E-state index < -0.39 is 5.82 Å². The number of rotatable bonds is 5. The minimum absolute atomic E-state index is 0.170. The monoisotopic (exact) mass is 341 g/mol. The maximum atomic E-state index is 13.8. The van der Waals surface area contributed by atoms with Crippen LogP contribution in [0.4, 0.5) is 4.39 Å². The quantitative estimate of drug-likeness (QED) is 0.713. The Labute approximate surface area is 142 Å². The van der Waals surface area contributed by atoms with Crippen LogP contribution >= 0.6 is 0 Å². The van der Waals surface area contributed by atoms with Gasteiger partial charge in [0, 0.05) is 18.2 Å². The van der Waals surface area contributed by atoms with Gasteiger partial charge in [0.15, 0.2) is 17.4 Å². The van der Waals surface area contributed by atoms with E-state index in [0.717, 1.165) is 12.8 Å². The molecule has 0 amide bonds. The molecule has 1 saturated carbocycles. The number of methoxy groups -OCH3 is 1. The Balaban J connectivity index is 1.62. The van der Waals surface area contributed by atoms with Crippen LogP contribution in [0.25, 0.3) is 11.5 Å². The average molecular weight is 341 g/mol. The zero-order chi connectivity index (χ0) is 17.4. The second-order valence-electron chi connectivity index (χ2n) is 6.08. The molecule has 0 atom stereocenters. The average Bonchev–Trinajstić information content (AvgIpc) is 3.34. The summed E-state index contributed by atoms with van der Waals surface area (Å²) in [4.78, 5) is 16.5. The fourth-order valence-corrected chi connectivity index (χ4v) is 2.65. The Hall–Kier alpha value is -2.96. The minimum atomic E-state index is -0.463. The molecule has 1 aliphatic rings. The van der Waals surface area contributed by atoms with E-state index in [0.29, 0.717) is 28.8 Å². The highest BCUT2D eigenvalue weighted by atomic mass is 19.1. The summed E-state index contributed by atoms with van der Waals surface area (Å²) in [6.07, 6.45) is 3.82. The number of hydrogen-bond donors (Lipinski definition) is 0. The Kier molecular flexibility index (Phi) is 3.83. The lowest BCUT2D eigenvalue weighted by Gasteiger charge is -2.08. The first kappa shape index (κ1) is 15.6. The maximum Gasteiger partial charge on any atom is 0.259 e. The number of pyridine rings is 1. The highest BCUT2D eigenvalue weighted by molar-refractivity contribution is 5.51. The maximum absolute atomic E-state index is 13.8. The third kappa shape index (κ3) is 3.17. The standard InChI is InChI=1S/C18H16FN3O3/c1-24-15-6-2-11(8-14(15)19)9-22-10-13(5-7-16(22)23)18-20-17(21-25-18)12-3-4-12/h2,5-8,10,12H,3-4,9H2,1H3. The van der Waals surface area contributed by atoms with Gasteiger partial charge < -0.3 is 13.8 Å². The number of aromatic nitrogens is 3. The summed E-state index contributed by atoms with van der Waals surface area (Å²) in [6, 6.07) is 7.71. The van der Waals surface area contributed by atoms with Crippen LogP contribution in [-0.2, 0) is 6.54 Å². The van der Waals surface area contributed by atoms with Crippen LogP contribution in [0, 0.1) is 5.82 Å². The molecule has 128 valence electrons. The van der Waals surface area contributed by atoms with Crippen LogP contribution in [0.5, 0.6) is 5.75 Å². The zero-order valence-electron chi connectivity index (χ0n) is 13.6. The van der Waals surface area contributed by atoms with Gasteiger partial charge in [-0.2, -0.15) is 4.98 Å². The van der Waals surface area contributed by atoms with Crippen molar-refractivity contribution in [2.75, 3.05) is 7.11 Å². The minimum Gasteiger partial charge on any atom is -0.494 e. The molecule has 2 heterocycles. The van der Waals surface area contributed by atoms with Crippen LogP contribution in [0.15, 0.2) is 45.8 Å². The van der Waals surface area contributed by atoms with Gasteiger partial charge in [-0.1, -0.05) is 11.2 Å². The molecular formula is C18H16FN3O3. The third-order valence-electron chi connectivity index (χ3n) is 4.18. The smallest absolute Gasteiger partial charge is 0.259 e. The van der Waals surface area contributed by atoms with Crippen LogP contribution in [-0.4, -0.2) is 21.8 Å². The topological polar surface area (TPSA) is 70.2 Å². The van der Waals surface area contributed by atoms with E-state index in [1.807, 2.05) is 0 Å². The second-order valence-corrected chi connectivity index (χ2v) is 6.08. The SMILES string of the molecule is COc1ccc(Cn2cc(-c3nc(C4CC4)no3)ccc2=O)cc1F. The molecule has 0 radical (unpaired) electrons. The van der Waals surface area contributed by atoms with Gasteiger partial charge in [-0.15, -0.1) is 0 Å². The van der Waals surface area contributed by atoms with Gasteiger partial charge in [-0.3, -0.25) is 4.79 Å². The Morgan fingerprint density at radius 1 is 1.32 bits per heavy atom. The molecule has 0 unspecified atom stereocenters. The lowest BCUT2D eigenvalue weighted by molar-refractivity contribution is 0.386. The van der Waals surface area contributed by atoms with Gasteiger partial charge in [0.1, 0.15) is 0 Å². The van der Waals surface area contributed by atoms with Crippen molar-refractivity contribution in [3.63, 3.8) is 0 Å².